The van der Waals surface area contributed by atoms with Crippen LogP contribution in [0.3, 0.4) is 0 Å². The van der Waals surface area contributed by atoms with Crippen molar-refractivity contribution >= 4 is 63.0 Å². The molecule has 0 spiro atoms. The van der Waals surface area contributed by atoms with Crippen molar-refractivity contribution in [2.75, 3.05) is 0 Å². The van der Waals surface area contributed by atoms with Crippen molar-refractivity contribution in [2.24, 2.45) is 0 Å². The van der Waals surface area contributed by atoms with Gasteiger partial charge < -0.3 is 0 Å². The maximum absolute atomic E-state index is 4.72. The molecule has 0 radical (unpaired) electrons. The van der Waals surface area contributed by atoms with Gasteiger partial charge in [-0.15, -0.1) is 22.7 Å². The Morgan fingerprint density at radius 2 is 0.739 bits per heavy atom. The summed E-state index contributed by atoms with van der Waals surface area (Å²) in [7, 11) is 0. The predicted octanol–water partition coefficient (Wildman–Crippen LogP) is 13.1. The molecular formula is C43H29NS2. The molecule has 0 unspecified atom stereocenters. The second-order valence-electron chi connectivity index (χ2n) is 12.1. The van der Waals surface area contributed by atoms with Crippen molar-refractivity contribution in [2.45, 2.75) is 13.8 Å². The minimum atomic E-state index is 1.12. The smallest absolute Gasteiger partial charge is 0.0433 e. The van der Waals surface area contributed by atoms with Gasteiger partial charge in [-0.25, -0.2) is 0 Å². The van der Waals surface area contributed by atoms with E-state index in [1.807, 2.05) is 35.1 Å². The fraction of sp³-hybridized carbons (Fsp3) is 0.0465. The van der Waals surface area contributed by atoms with E-state index in [4.69, 9.17) is 4.98 Å². The number of pyridine rings is 1. The molecule has 0 aliphatic carbocycles. The van der Waals surface area contributed by atoms with Crippen LogP contribution in [0.5, 0.6) is 0 Å². The molecule has 9 rings (SSSR count). The molecular weight excluding hydrogens is 595 g/mol. The maximum atomic E-state index is 4.72. The summed E-state index contributed by atoms with van der Waals surface area (Å²) in [5.74, 6) is 0. The highest BCUT2D eigenvalue weighted by atomic mass is 32.1. The third-order valence-electron chi connectivity index (χ3n) is 9.19. The number of thiophene rings is 2. The third kappa shape index (κ3) is 4.39. The van der Waals surface area contributed by atoms with Crippen molar-refractivity contribution in [3.8, 4) is 44.5 Å². The molecule has 0 amide bonds. The summed E-state index contributed by atoms with van der Waals surface area (Å²) in [6, 6.07) is 46.7. The first-order valence-corrected chi connectivity index (χ1v) is 17.2. The summed E-state index contributed by atoms with van der Waals surface area (Å²) >= 11 is 3.80. The molecule has 6 aromatic carbocycles. The van der Waals surface area contributed by atoms with E-state index in [1.165, 1.54) is 84.9 Å². The van der Waals surface area contributed by atoms with Crippen molar-refractivity contribution in [3.63, 3.8) is 0 Å². The zero-order chi connectivity index (χ0) is 30.8. The Labute approximate surface area is 276 Å². The van der Waals surface area contributed by atoms with Crippen LogP contribution in [0.2, 0.25) is 0 Å². The lowest BCUT2D eigenvalue weighted by Crippen LogP contribution is -1.87. The number of rotatable bonds is 4. The van der Waals surface area contributed by atoms with Crippen LogP contribution in [0.25, 0.3) is 84.9 Å². The summed E-state index contributed by atoms with van der Waals surface area (Å²) in [5.41, 5.74) is 12.3. The molecule has 0 aliphatic heterocycles. The van der Waals surface area contributed by atoms with Gasteiger partial charge in [-0.3, -0.25) is 4.98 Å². The van der Waals surface area contributed by atoms with Crippen molar-refractivity contribution in [3.05, 3.63) is 151 Å². The number of aromatic nitrogens is 1. The first kappa shape index (κ1) is 27.2. The minimum absolute atomic E-state index is 1.12. The highest BCUT2D eigenvalue weighted by molar-refractivity contribution is 7.27. The molecule has 0 atom stereocenters. The summed E-state index contributed by atoms with van der Waals surface area (Å²) in [6.45, 7) is 4.41. The number of hydrogen-bond acceptors (Lipinski definition) is 3. The summed E-state index contributed by atoms with van der Waals surface area (Å²) in [6.07, 6.45) is 3.96. The van der Waals surface area contributed by atoms with E-state index in [2.05, 4.69) is 141 Å². The van der Waals surface area contributed by atoms with E-state index >= 15 is 0 Å². The molecule has 0 saturated heterocycles. The average molecular weight is 624 g/mol. The molecule has 0 N–H and O–H groups in total. The quantitative estimate of drug-likeness (QED) is 0.190. The van der Waals surface area contributed by atoms with Gasteiger partial charge in [0.15, 0.2) is 0 Å². The van der Waals surface area contributed by atoms with E-state index in [0.29, 0.717) is 0 Å². The summed E-state index contributed by atoms with van der Waals surface area (Å²) in [5, 5.41) is 5.35. The lowest BCUT2D eigenvalue weighted by Gasteiger charge is -2.10. The second-order valence-corrected chi connectivity index (χ2v) is 14.1. The lowest BCUT2D eigenvalue weighted by atomic mass is 9.95. The minimum Gasteiger partial charge on any atom is -0.263 e. The molecule has 0 fully saturated rings. The van der Waals surface area contributed by atoms with Gasteiger partial charge in [0, 0.05) is 63.9 Å². The van der Waals surface area contributed by atoms with Gasteiger partial charge in [-0.05, 0) is 76.6 Å². The van der Waals surface area contributed by atoms with E-state index in [0.717, 1.165) is 11.1 Å². The summed E-state index contributed by atoms with van der Waals surface area (Å²) < 4.78 is 5.44. The lowest BCUT2D eigenvalue weighted by molar-refractivity contribution is 1.33. The monoisotopic (exact) mass is 623 g/mol. The molecule has 1 nitrogen and oxygen atoms in total. The number of nitrogens with zero attached hydrogens (tertiary/aromatic N) is 1. The zero-order valence-corrected chi connectivity index (χ0v) is 27.2. The Kier molecular flexibility index (Phi) is 6.38. The molecule has 46 heavy (non-hydrogen) atoms. The fourth-order valence-electron chi connectivity index (χ4n) is 6.87. The summed E-state index contributed by atoms with van der Waals surface area (Å²) in [4.78, 5) is 4.72. The molecule has 0 aliphatic rings. The highest BCUT2D eigenvalue weighted by Crippen LogP contribution is 2.43. The number of aryl methyl sites for hydroxylation is 2. The van der Waals surface area contributed by atoms with Gasteiger partial charge in [-0.2, -0.15) is 0 Å². The van der Waals surface area contributed by atoms with E-state index in [9.17, 15) is 0 Å². The van der Waals surface area contributed by atoms with Crippen LogP contribution in [0.4, 0.5) is 0 Å². The van der Waals surface area contributed by atoms with Crippen LogP contribution in [0, 0.1) is 13.8 Å². The molecule has 0 saturated carbocycles. The first-order valence-electron chi connectivity index (χ1n) is 15.6. The van der Waals surface area contributed by atoms with Gasteiger partial charge in [-0.1, -0.05) is 109 Å². The van der Waals surface area contributed by atoms with Gasteiger partial charge in [0.05, 0.1) is 0 Å². The maximum Gasteiger partial charge on any atom is 0.0433 e. The second kappa shape index (κ2) is 10.8. The van der Waals surface area contributed by atoms with E-state index < -0.39 is 0 Å². The largest absolute Gasteiger partial charge is 0.263 e. The molecule has 3 heteroatoms. The van der Waals surface area contributed by atoms with E-state index in [1.54, 1.807) is 0 Å². The SMILES string of the molecule is Cc1cccc2c1sc1c(-c3cccc(-c4cncc(-c5cccc(-c6cccc7c6sc6c(C)cccc67)c5)c4)c3)cccc12. The highest BCUT2D eigenvalue weighted by Gasteiger charge is 2.14. The van der Waals surface area contributed by atoms with Crippen molar-refractivity contribution in [1.29, 1.82) is 0 Å². The van der Waals surface area contributed by atoms with Gasteiger partial charge >= 0.3 is 0 Å². The average Bonchev–Trinajstić information content (AvgIpc) is 3.69. The van der Waals surface area contributed by atoms with Crippen molar-refractivity contribution in [1.82, 2.24) is 4.98 Å². The number of hydrogen-bond donors (Lipinski definition) is 0. The normalized spacial score (nSPS) is 11.7. The van der Waals surface area contributed by atoms with Crippen LogP contribution in [0.15, 0.2) is 140 Å². The molecule has 9 aromatic rings. The molecule has 218 valence electrons. The fourth-order valence-corrected chi connectivity index (χ4v) is 9.48. The Bertz CT molecular complexity index is 2440. The van der Waals surface area contributed by atoms with Gasteiger partial charge in [0.2, 0.25) is 0 Å². The Morgan fingerprint density at radius 3 is 1.22 bits per heavy atom. The predicted molar refractivity (Wildman–Crippen MR) is 201 cm³/mol. The van der Waals surface area contributed by atoms with Gasteiger partial charge in [0.25, 0.3) is 0 Å². The standard InChI is InChI=1S/C43H29NS2/c1-26-9-3-17-36-38-19-7-15-34(42(38)45-40(26)36)30-13-5-11-28(21-30)32-23-33(25-44-24-32)29-12-6-14-31(22-29)35-16-8-20-39-37-18-4-10-27(2)41(37)46-43(35)39/h3-25H,1-2H3. The molecule has 3 aromatic heterocycles. The van der Waals surface area contributed by atoms with Crippen LogP contribution in [0.1, 0.15) is 11.1 Å². The topological polar surface area (TPSA) is 12.9 Å². The number of fused-ring (bicyclic) bond motifs is 6. The first-order chi connectivity index (χ1) is 22.6. The van der Waals surface area contributed by atoms with Crippen LogP contribution < -0.4 is 0 Å². The van der Waals surface area contributed by atoms with E-state index in [-0.39, 0.29) is 0 Å². The third-order valence-corrected chi connectivity index (χ3v) is 12.0. The van der Waals surface area contributed by atoms with Crippen LogP contribution in [-0.4, -0.2) is 4.98 Å². The number of benzene rings is 6. The molecule has 3 heterocycles. The molecule has 0 bridgehead atoms. The van der Waals surface area contributed by atoms with Crippen LogP contribution in [-0.2, 0) is 0 Å². The van der Waals surface area contributed by atoms with Crippen molar-refractivity contribution < 1.29 is 0 Å². The Balaban J connectivity index is 1.11. The Morgan fingerprint density at radius 1 is 0.370 bits per heavy atom. The van der Waals surface area contributed by atoms with Crippen LogP contribution >= 0.6 is 22.7 Å². The van der Waals surface area contributed by atoms with Gasteiger partial charge in [0.1, 0.15) is 0 Å². The Hall–Kier alpha value is -5.09. The zero-order valence-electron chi connectivity index (χ0n) is 25.5.